The molecule has 0 unspecified atom stereocenters. The fourth-order valence-electron chi connectivity index (χ4n) is 2.59. The summed E-state index contributed by atoms with van der Waals surface area (Å²) in [6.45, 7) is 0. The van der Waals surface area contributed by atoms with Gasteiger partial charge >= 0.3 is 0 Å². The van der Waals surface area contributed by atoms with Crippen molar-refractivity contribution in [3.05, 3.63) is 16.5 Å². The molecule has 1 heterocycles. The first-order valence-electron chi connectivity index (χ1n) is 6.25. The highest BCUT2D eigenvalue weighted by Gasteiger charge is 2.34. The summed E-state index contributed by atoms with van der Waals surface area (Å²) in [5, 5.41) is 3.78. The third-order valence-electron chi connectivity index (χ3n) is 3.42. The van der Waals surface area contributed by atoms with Gasteiger partial charge in [-0.2, -0.15) is 4.98 Å². The maximum atomic E-state index is 11.3. The van der Waals surface area contributed by atoms with Gasteiger partial charge in [-0.15, -0.1) is 0 Å². The summed E-state index contributed by atoms with van der Waals surface area (Å²) < 4.78 is 0. The topological polar surface area (TPSA) is 80.9 Å². The average Bonchev–Trinajstić information content (AvgIpc) is 2.34. The van der Waals surface area contributed by atoms with Crippen LogP contribution in [-0.2, 0) is 4.79 Å². The Labute approximate surface area is 121 Å². The van der Waals surface area contributed by atoms with E-state index >= 15 is 0 Å². The van der Waals surface area contributed by atoms with Crippen LogP contribution in [0.2, 0.25) is 10.3 Å². The van der Waals surface area contributed by atoms with Crippen molar-refractivity contribution in [1.29, 1.82) is 0 Å². The number of carbonyl (C=O) groups excluding carboxylic acids is 1. The molecule has 3 N–H and O–H groups in total. The molecule has 0 atom stereocenters. The number of carbonyl (C=O) groups is 1. The molecule has 19 heavy (non-hydrogen) atoms. The molecule has 0 bridgehead atoms. The quantitative estimate of drug-likeness (QED) is 0.838. The van der Waals surface area contributed by atoms with E-state index in [1.54, 1.807) is 0 Å². The first-order valence-corrected chi connectivity index (χ1v) is 7.01. The second-order valence-electron chi connectivity index (χ2n) is 4.94. The van der Waals surface area contributed by atoms with Crippen LogP contribution in [0.5, 0.6) is 0 Å². The van der Waals surface area contributed by atoms with E-state index in [1.807, 2.05) is 0 Å². The zero-order valence-electron chi connectivity index (χ0n) is 10.5. The molecule has 104 valence electrons. The Balaban J connectivity index is 2.24. The molecule has 1 aliphatic carbocycles. The number of hydrogen-bond donors (Lipinski definition) is 2. The van der Waals surface area contributed by atoms with Gasteiger partial charge in [0.05, 0.1) is 6.20 Å². The van der Waals surface area contributed by atoms with Crippen LogP contribution < -0.4 is 11.1 Å². The summed E-state index contributed by atoms with van der Waals surface area (Å²) in [6, 6.07) is 0. The molecule has 0 aromatic carbocycles. The SMILES string of the molecule is NC(=O)CC1(Nc2nc(Cl)ncc2Cl)CCCCC1. The number of aromatic nitrogens is 2. The highest BCUT2D eigenvalue weighted by Crippen LogP contribution is 2.35. The maximum Gasteiger partial charge on any atom is 0.224 e. The molecule has 0 aliphatic heterocycles. The van der Waals surface area contributed by atoms with Crippen molar-refractivity contribution in [2.45, 2.75) is 44.1 Å². The van der Waals surface area contributed by atoms with E-state index in [2.05, 4.69) is 15.3 Å². The van der Waals surface area contributed by atoms with Gasteiger partial charge in [0.2, 0.25) is 11.2 Å². The van der Waals surface area contributed by atoms with Gasteiger partial charge in [0.15, 0.2) is 0 Å². The molecular weight excluding hydrogens is 287 g/mol. The van der Waals surface area contributed by atoms with Gasteiger partial charge in [-0.1, -0.05) is 30.9 Å². The summed E-state index contributed by atoms with van der Waals surface area (Å²) in [5.74, 6) is 0.135. The van der Waals surface area contributed by atoms with Crippen molar-refractivity contribution < 1.29 is 4.79 Å². The van der Waals surface area contributed by atoms with Crippen LogP contribution in [0.3, 0.4) is 0 Å². The van der Waals surface area contributed by atoms with Crippen molar-refractivity contribution in [1.82, 2.24) is 9.97 Å². The van der Waals surface area contributed by atoms with Gasteiger partial charge in [0, 0.05) is 12.0 Å². The van der Waals surface area contributed by atoms with Gasteiger partial charge in [-0.05, 0) is 24.4 Å². The Morgan fingerprint density at radius 2 is 2.05 bits per heavy atom. The van der Waals surface area contributed by atoms with E-state index in [9.17, 15) is 4.79 Å². The number of nitrogens with two attached hydrogens (primary N) is 1. The van der Waals surface area contributed by atoms with Crippen LogP contribution in [0, 0.1) is 0 Å². The zero-order chi connectivity index (χ0) is 13.9. The molecule has 1 fully saturated rings. The summed E-state index contributed by atoms with van der Waals surface area (Å²) in [7, 11) is 0. The van der Waals surface area contributed by atoms with E-state index in [0.29, 0.717) is 10.8 Å². The van der Waals surface area contributed by atoms with Gasteiger partial charge in [0.25, 0.3) is 0 Å². The largest absolute Gasteiger partial charge is 0.370 e. The molecule has 1 aromatic rings. The number of rotatable bonds is 4. The summed E-state index contributed by atoms with van der Waals surface area (Å²) in [4.78, 5) is 19.2. The predicted octanol–water partition coefficient (Wildman–Crippen LogP) is 2.77. The van der Waals surface area contributed by atoms with E-state index in [1.165, 1.54) is 12.6 Å². The van der Waals surface area contributed by atoms with E-state index in [4.69, 9.17) is 28.9 Å². The Kier molecular flexibility index (Phi) is 4.47. The molecular formula is C12H16Cl2N4O. The number of primary amides is 1. The lowest BCUT2D eigenvalue weighted by atomic mass is 9.79. The molecule has 1 aromatic heterocycles. The van der Waals surface area contributed by atoms with Gasteiger partial charge in [-0.3, -0.25) is 4.79 Å². The van der Waals surface area contributed by atoms with Crippen LogP contribution in [-0.4, -0.2) is 21.4 Å². The van der Waals surface area contributed by atoms with Crippen LogP contribution in [0.15, 0.2) is 6.20 Å². The fourth-order valence-corrected chi connectivity index (χ4v) is 2.86. The van der Waals surface area contributed by atoms with Crippen molar-refractivity contribution in [2.24, 2.45) is 5.73 Å². The first kappa shape index (κ1) is 14.3. The third kappa shape index (κ3) is 3.70. The Hall–Kier alpha value is -1.07. The molecule has 0 saturated heterocycles. The molecule has 0 radical (unpaired) electrons. The minimum Gasteiger partial charge on any atom is -0.370 e. The van der Waals surface area contributed by atoms with E-state index < -0.39 is 0 Å². The average molecular weight is 303 g/mol. The minimum absolute atomic E-state index is 0.122. The number of amides is 1. The van der Waals surface area contributed by atoms with Crippen LogP contribution in [0.4, 0.5) is 5.82 Å². The van der Waals surface area contributed by atoms with Gasteiger partial charge < -0.3 is 11.1 Å². The van der Waals surface area contributed by atoms with Crippen LogP contribution in [0.25, 0.3) is 0 Å². The Morgan fingerprint density at radius 3 is 2.68 bits per heavy atom. The second kappa shape index (κ2) is 5.92. The number of nitrogens with zero attached hydrogens (tertiary/aromatic N) is 2. The molecule has 1 saturated carbocycles. The Morgan fingerprint density at radius 1 is 1.37 bits per heavy atom. The molecule has 2 rings (SSSR count). The number of hydrogen-bond acceptors (Lipinski definition) is 4. The van der Waals surface area contributed by atoms with Gasteiger partial charge in [-0.25, -0.2) is 4.98 Å². The predicted molar refractivity (Wildman–Crippen MR) is 75.3 cm³/mol. The Bertz CT molecular complexity index is 475. The first-order chi connectivity index (χ1) is 9.01. The van der Waals surface area contributed by atoms with E-state index in [0.717, 1.165) is 25.7 Å². The monoisotopic (exact) mass is 302 g/mol. The summed E-state index contributed by atoms with van der Waals surface area (Å²) in [6.07, 6.45) is 6.72. The molecule has 1 amide bonds. The van der Waals surface area contributed by atoms with Crippen molar-refractivity contribution >= 4 is 34.9 Å². The maximum absolute atomic E-state index is 11.3. The molecule has 0 spiro atoms. The lowest BCUT2D eigenvalue weighted by Crippen LogP contribution is -2.44. The smallest absolute Gasteiger partial charge is 0.224 e. The highest BCUT2D eigenvalue weighted by molar-refractivity contribution is 6.33. The lowest BCUT2D eigenvalue weighted by molar-refractivity contribution is -0.119. The lowest BCUT2D eigenvalue weighted by Gasteiger charge is -2.38. The van der Waals surface area contributed by atoms with Crippen molar-refractivity contribution in [2.75, 3.05) is 5.32 Å². The number of halogens is 2. The fraction of sp³-hybridized carbons (Fsp3) is 0.583. The highest BCUT2D eigenvalue weighted by atomic mass is 35.5. The third-order valence-corrected chi connectivity index (χ3v) is 3.88. The van der Waals surface area contributed by atoms with Gasteiger partial charge in [0.1, 0.15) is 10.8 Å². The molecule has 5 nitrogen and oxygen atoms in total. The van der Waals surface area contributed by atoms with Crippen molar-refractivity contribution in [3.8, 4) is 0 Å². The molecule has 1 aliphatic rings. The van der Waals surface area contributed by atoms with Crippen LogP contribution >= 0.6 is 23.2 Å². The number of anilines is 1. The summed E-state index contributed by atoms with van der Waals surface area (Å²) >= 11 is 11.8. The summed E-state index contributed by atoms with van der Waals surface area (Å²) in [5.41, 5.74) is 4.99. The normalized spacial score (nSPS) is 18.0. The van der Waals surface area contributed by atoms with Crippen LogP contribution in [0.1, 0.15) is 38.5 Å². The minimum atomic E-state index is -0.370. The number of nitrogens with one attached hydrogen (secondary N) is 1. The van der Waals surface area contributed by atoms with Crippen molar-refractivity contribution in [3.63, 3.8) is 0 Å². The van der Waals surface area contributed by atoms with E-state index in [-0.39, 0.29) is 23.2 Å². The standard InChI is InChI=1S/C12H16Cl2N4O/c13-8-7-16-11(14)17-10(8)18-12(6-9(15)19)4-2-1-3-5-12/h7H,1-6H2,(H2,15,19)(H,16,17,18). The zero-order valence-corrected chi connectivity index (χ0v) is 12.0. The molecule has 7 heteroatoms. The second-order valence-corrected chi connectivity index (χ2v) is 5.69.